The molecule has 3 aromatic rings. The van der Waals surface area contributed by atoms with Gasteiger partial charge in [-0.2, -0.15) is 5.26 Å². The molecule has 3 aromatic carbocycles. The number of carbonyl (C=O) groups excluding carboxylic acids is 1. The Labute approximate surface area is 189 Å². The van der Waals surface area contributed by atoms with Crippen LogP contribution in [0.25, 0.3) is 6.08 Å². The van der Waals surface area contributed by atoms with Gasteiger partial charge in [0.2, 0.25) is 0 Å². The molecule has 3 rings (SSSR count). The van der Waals surface area contributed by atoms with Gasteiger partial charge in [0.1, 0.15) is 24.0 Å². The molecule has 1 N–H and O–H groups in total. The molecule has 0 aliphatic rings. The number of amides is 1. The summed E-state index contributed by atoms with van der Waals surface area (Å²) in [5.74, 6) is -0.0622. The van der Waals surface area contributed by atoms with Crippen LogP contribution in [0.1, 0.15) is 11.1 Å². The Morgan fingerprint density at radius 3 is 2.40 bits per heavy atom. The summed E-state index contributed by atoms with van der Waals surface area (Å²) in [5.41, 5.74) is 1.95. The number of anilines is 1. The van der Waals surface area contributed by atoms with Gasteiger partial charge in [-0.15, -0.1) is 0 Å². The van der Waals surface area contributed by atoms with E-state index >= 15 is 0 Å². The number of nitrogens with zero attached hydrogens (tertiary/aromatic N) is 1. The summed E-state index contributed by atoms with van der Waals surface area (Å²) >= 11 is 18.1. The van der Waals surface area contributed by atoms with E-state index in [1.165, 1.54) is 12.1 Å². The molecule has 150 valence electrons. The van der Waals surface area contributed by atoms with E-state index in [9.17, 15) is 10.1 Å². The first-order chi connectivity index (χ1) is 14.5. The van der Waals surface area contributed by atoms with Gasteiger partial charge in [-0.25, -0.2) is 0 Å². The lowest BCUT2D eigenvalue weighted by molar-refractivity contribution is -0.112. The lowest BCUT2D eigenvalue weighted by Gasteiger charge is -2.09. The van der Waals surface area contributed by atoms with Crippen LogP contribution in [-0.2, 0) is 11.4 Å². The Morgan fingerprint density at radius 2 is 1.73 bits per heavy atom. The summed E-state index contributed by atoms with van der Waals surface area (Å²) in [6.07, 6.45) is 1.44. The molecule has 0 heterocycles. The Balaban J connectivity index is 1.71. The first-order valence-corrected chi connectivity index (χ1v) is 9.94. The van der Waals surface area contributed by atoms with E-state index < -0.39 is 5.91 Å². The smallest absolute Gasteiger partial charge is 0.266 e. The fourth-order valence-electron chi connectivity index (χ4n) is 2.55. The molecule has 7 heteroatoms. The Bertz CT molecular complexity index is 1140. The molecule has 0 saturated carbocycles. The highest BCUT2D eigenvalue weighted by Gasteiger charge is 2.11. The lowest BCUT2D eigenvalue weighted by atomic mass is 10.1. The van der Waals surface area contributed by atoms with Crippen LogP contribution < -0.4 is 10.1 Å². The summed E-state index contributed by atoms with van der Waals surface area (Å²) in [7, 11) is 0. The summed E-state index contributed by atoms with van der Waals surface area (Å²) in [4.78, 5) is 12.4. The highest BCUT2D eigenvalue weighted by Crippen LogP contribution is 2.28. The van der Waals surface area contributed by atoms with Crippen molar-refractivity contribution in [2.75, 3.05) is 5.32 Å². The minimum Gasteiger partial charge on any atom is -0.487 e. The number of benzene rings is 3. The Hall–Kier alpha value is -2.97. The molecule has 0 saturated heterocycles. The second kappa shape index (κ2) is 10.2. The lowest BCUT2D eigenvalue weighted by Crippen LogP contribution is -2.13. The number of halogens is 3. The summed E-state index contributed by atoms with van der Waals surface area (Å²) in [5, 5.41) is 13.0. The highest BCUT2D eigenvalue weighted by atomic mass is 35.5. The van der Waals surface area contributed by atoms with E-state index in [0.29, 0.717) is 38.7 Å². The second-order valence-corrected chi connectivity index (χ2v) is 7.44. The van der Waals surface area contributed by atoms with E-state index in [2.05, 4.69) is 5.32 Å². The number of nitrogens with one attached hydrogen (secondary N) is 1. The standard InChI is InChI=1S/C23H15Cl3N2O2/c24-19-8-7-18(12-20(19)25)28-23(29)17(13-27)10-16-6-9-22(21(26)11-16)30-14-15-4-2-1-3-5-15/h1-12H,14H2,(H,28,29)/b17-10+. The maximum Gasteiger partial charge on any atom is 0.266 e. The SMILES string of the molecule is N#C/C(=C\c1ccc(OCc2ccccc2)c(Cl)c1)C(=O)Nc1ccc(Cl)c(Cl)c1. The maximum absolute atomic E-state index is 12.4. The summed E-state index contributed by atoms with van der Waals surface area (Å²) in [6, 6.07) is 21.3. The molecule has 1 amide bonds. The molecule has 0 unspecified atom stereocenters. The zero-order chi connectivity index (χ0) is 21.5. The molecule has 0 radical (unpaired) electrons. The molecule has 0 atom stereocenters. The topological polar surface area (TPSA) is 62.1 Å². The van der Waals surface area contributed by atoms with Crippen LogP contribution in [0.4, 0.5) is 5.69 Å². The van der Waals surface area contributed by atoms with Crippen molar-refractivity contribution in [3.05, 3.63) is 98.5 Å². The van der Waals surface area contributed by atoms with Crippen molar-refractivity contribution in [1.82, 2.24) is 0 Å². The van der Waals surface area contributed by atoms with E-state index in [1.54, 1.807) is 30.3 Å². The number of ether oxygens (including phenoxy) is 1. The number of carbonyl (C=O) groups is 1. The van der Waals surface area contributed by atoms with Crippen LogP contribution in [-0.4, -0.2) is 5.91 Å². The average molecular weight is 458 g/mol. The van der Waals surface area contributed by atoms with Crippen LogP contribution in [0, 0.1) is 11.3 Å². The van der Waals surface area contributed by atoms with Crippen molar-refractivity contribution in [3.8, 4) is 11.8 Å². The summed E-state index contributed by atoms with van der Waals surface area (Å²) < 4.78 is 5.74. The molecule has 0 aliphatic heterocycles. The maximum atomic E-state index is 12.4. The van der Waals surface area contributed by atoms with Gasteiger partial charge in [0.25, 0.3) is 5.91 Å². The molecular formula is C23H15Cl3N2O2. The third-order valence-corrected chi connectivity index (χ3v) is 5.08. The largest absolute Gasteiger partial charge is 0.487 e. The van der Waals surface area contributed by atoms with E-state index in [-0.39, 0.29) is 5.57 Å². The fraction of sp³-hybridized carbons (Fsp3) is 0.0435. The molecule has 0 aromatic heterocycles. The first-order valence-electron chi connectivity index (χ1n) is 8.81. The van der Waals surface area contributed by atoms with Crippen LogP contribution >= 0.6 is 34.8 Å². The predicted molar refractivity (Wildman–Crippen MR) is 121 cm³/mol. The van der Waals surface area contributed by atoms with Gasteiger partial charge >= 0.3 is 0 Å². The third-order valence-electron chi connectivity index (χ3n) is 4.05. The zero-order valence-electron chi connectivity index (χ0n) is 15.5. The van der Waals surface area contributed by atoms with Gasteiger partial charge < -0.3 is 10.1 Å². The zero-order valence-corrected chi connectivity index (χ0v) is 17.8. The van der Waals surface area contributed by atoms with Crippen LogP contribution in [0.5, 0.6) is 5.75 Å². The van der Waals surface area contributed by atoms with Gasteiger partial charge in [0, 0.05) is 5.69 Å². The van der Waals surface area contributed by atoms with Gasteiger partial charge in [0.15, 0.2) is 0 Å². The van der Waals surface area contributed by atoms with Crippen molar-refractivity contribution in [1.29, 1.82) is 5.26 Å². The third kappa shape index (κ3) is 5.77. The van der Waals surface area contributed by atoms with E-state index in [1.807, 2.05) is 36.4 Å². The molecule has 0 bridgehead atoms. The Kier molecular flexibility index (Phi) is 7.37. The Morgan fingerprint density at radius 1 is 0.967 bits per heavy atom. The molecule has 0 fully saturated rings. The first kappa shape index (κ1) is 21.7. The van der Waals surface area contributed by atoms with Crippen LogP contribution in [0.15, 0.2) is 72.3 Å². The molecule has 0 aliphatic carbocycles. The van der Waals surface area contributed by atoms with Gasteiger partial charge in [-0.1, -0.05) is 71.2 Å². The number of hydrogen-bond acceptors (Lipinski definition) is 3. The van der Waals surface area contributed by atoms with Gasteiger partial charge in [-0.05, 0) is 47.5 Å². The van der Waals surface area contributed by atoms with Gasteiger partial charge in [-0.3, -0.25) is 4.79 Å². The number of rotatable bonds is 6. The van der Waals surface area contributed by atoms with Crippen molar-refractivity contribution >= 4 is 52.5 Å². The minimum atomic E-state index is -0.573. The van der Waals surface area contributed by atoms with Gasteiger partial charge in [0.05, 0.1) is 15.1 Å². The molecule has 0 spiro atoms. The highest BCUT2D eigenvalue weighted by molar-refractivity contribution is 6.42. The normalized spacial score (nSPS) is 10.9. The predicted octanol–water partition coefficient (Wildman–Crippen LogP) is 6.77. The molecular weight excluding hydrogens is 443 g/mol. The quantitative estimate of drug-likeness (QED) is 0.328. The second-order valence-electron chi connectivity index (χ2n) is 6.22. The minimum absolute atomic E-state index is 0.0879. The molecule has 30 heavy (non-hydrogen) atoms. The van der Waals surface area contributed by atoms with Crippen LogP contribution in [0.2, 0.25) is 15.1 Å². The van der Waals surface area contributed by atoms with Crippen LogP contribution in [0.3, 0.4) is 0 Å². The molecule has 4 nitrogen and oxygen atoms in total. The fourth-order valence-corrected chi connectivity index (χ4v) is 3.09. The van der Waals surface area contributed by atoms with Crippen molar-refractivity contribution in [3.63, 3.8) is 0 Å². The van der Waals surface area contributed by atoms with Crippen molar-refractivity contribution < 1.29 is 9.53 Å². The van der Waals surface area contributed by atoms with Crippen molar-refractivity contribution in [2.45, 2.75) is 6.61 Å². The number of nitriles is 1. The van der Waals surface area contributed by atoms with E-state index in [4.69, 9.17) is 39.5 Å². The number of hydrogen-bond donors (Lipinski definition) is 1. The van der Waals surface area contributed by atoms with Crippen molar-refractivity contribution in [2.24, 2.45) is 0 Å². The summed E-state index contributed by atoms with van der Waals surface area (Å²) in [6.45, 7) is 0.380. The average Bonchev–Trinajstić information content (AvgIpc) is 2.74. The monoisotopic (exact) mass is 456 g/mol. The van der Waals surface area contributed by atoms with E-state index in [0.717, 1.165) is 5.56 Å².